The highest BCUT2D eigenvalue weighted by Gasteiger charge is 2.58. The van der Waals surface area contributed by atoms with Gasteiger partial charge in [0.25, 0.3) is 11.8 Å². The van der Waals surface area contributed by atoms with Crippen LogP contribution in [0, 0.1) is 0 Å². The number of esters is 1. The number of hydrogen-bond acceptors (Lipinski definition) is 12. The number of carbonyl (C=O) groups is 3. The summed E-state index contributed by atoms with van der Waals surface area (Å²) in [7, 11) is 1.29. The lowest BCUT2D eigenvalue weighted by atomic mass is 9.75. The van der Waals surface area contributed by atoms with Gasteiger partial charge >= 0.3 is 11.6 Å². The minimum atomic E-state index is -1.68. The summed E-state index contributed by atoms with van der Waals surface area (Å²) < 4.78 is 32.5. The summed E-state index contributed by atoms with van der Waals surface area (Å²) in [5.41, 5.74) is 4.13. The quantitative estimate of drug-likeness (QED) is 0.0647. The normalized spacial score (nSPS) is 17.1. The molecule has 0 bridgehead atoms. The first-order valence-electron chi connectivity index (χ1n) is 21.8. The molecule has 15 heteroatoms. The summed E-state index contributed by atoms with van der Waals surface area (Å²) in [6.45, 7) is 6.96. The smallest absolute Gasteiger partial charge is 0.349 e. The number of anilines is 3. The van der Waals surface area contributed by atoms with Crippen LogP contribution in [0.3, 0.4) is 0 Å². The molecule has 0 unspecified atom stereocenters. The number of ether oxygens (including phenoxy) is 5. The number of nitrogens with one attached hydrogen (secondary N) is 1. The third-order valence-corrected chi connectivity index (χ3v) is 15.7. The zero-order valence-corrected chi connectivity index (χ0v) is 37.6. The van der Waals surface area contributed by atoms with Crippen LogP contribution in [0.25, 0.3) is 11.0 Å². The van der Waals surface area contributed by atoms with Crippen molar-refractivity contribution in [3.63, 3.8) is 0 Å². The lowest BCUT2D eigenvalue weighted by Gasteiger charge is -2.52. The van der Waals surface area contributed by atoms with Gasteiger partial charge in [0.05, 0.1) is 58.9 Å². The van der Waals surface area contributed by atoms with Crippen molar-refractivity contribution in [3.05, 3.63) is 123 Å². The Kier molecular flexibility index (Phi) is 12.3. The molecule has 5 aromatic rings. The molecule has 1 N–H and O–H groups in total. The highest BCUT2D eigenvalue weighted by Crippen LogP contribution is 2.70. The maximum atomic E-state index is 15.3. The Morgan fingerprint density at radius 2 is 1.28 bits per heavy atom. The largest absolute Gasteiger partial charge is 0.465 e. The van der Waals surface area contributed by atoms with Crippen molar-refractivity contribution < 1.29 is 42.5 Å². The number of amides is 2. The van der Waals surface area contributed by atoms with Gasteiger partial charge in [0.15, 0.2) is 0 Å². The standard InChI is InChI=1S/C49H54N4O10S/c1-58-21-22-61-25-26-62-24-23-60-20-15-50-45(54)38-27-32-7-9-36(29-42(32)63-48(38)57)53-46(55)37-12-8-33(47(56)59-2)28-41(37)49(53)39-13-10-34(51-16-5-17-51)30-43(39)64(3,4)44-31-35(11-14-40(44)49)52-18-6-19-52/h7-14,27-31H,5-6,15-26H2,1-4H3,(H,50,54). The third-order valence-electron chi connectivity index (χ3n) is 12.8. The summed E-state index contributed by atoms with van der Waals surface area (Å²) in [6, 6.07) is 25.2. The van der Waals surface area contributed by atoms with Crippen LogP contribution in [-0.2, 0) is 29.2 Å². The number of hydrogen-bond donors (Lipinski definition) is 1. The van der Waals surface area contributed by atoms with Crippen molar-refractivity contribution in [3.8, 4) is 0 Å². The molecule has 5 heterocycles. The number of benzene rings is 4. The Labute approximate surface area is 373 Å². The van der Waals surface area contributed by atoms with E-state index in [4.69, 9.17) is 28.1 Å². The first kappa shape index (κ1) is 43.5. The Morgan fingerprint density at radius 3 is 1.86 bits per heavy atom. The molecule has 1 aromatic heterocycles. The van der Waals surface area contributed by atoms with Crippen molar-refractivity contribution in [2.75, 3.05) is 120 Å². The van der Waals surface area contributed by atoms with Gasteiger partial charge in [0, 0.05) is 89.3 Å². The number of nitrogens with zero attached hydrogens (tertiary/aromatic N) is 3. The second kappa shape index (κ2) is 18.0. The van der Waals surface area contributed by atoms with Gasteiger partial charge < -0.3 is 43.2 Å². The highest BCUT2D eigenvalue weighted by molar-refractivity contribution is 8.32. The van der Waals surface area contributed by atoms with Crippen molar-refractivity contribution in [2.45, 2.75) is 28.2 Å². The molecule has 14 nitrogen and oxygen atoms in total. The second-order valence-electron chi connectivity index (χ2n) is 16.7. The lowest BCUT2D eigenvalue weighted by Crippen LogP contribution is -2.49. The monoisotopic (exact) mass is 890 g/mol. The van der Waals surface area contributed by atoms with Gasteiger partial charge in [-0.2, -0.15) is 10.0 Å². The molecule has 2 fully saturated rings. The first-order valence-corrected chi connectivity index (χ1v) is 24.2. The maximum absolute atomic E-state index is 15.3. The average Bonchev–Trinajstić information content (AvgIpc) is 3.51. The molecule has 0 atom stereocenters. The van der Waals surface area contributed by atoms with E-state index < -0.39 is 33.1 Å². The van der Waals surface area contributed by atoms with E-state index >= 15 is 4.79 Å². The van der Waals surface area contributed by atoms with Crippen molar-refractivity contribution in [1.29, 1.82) is 0 Å². The predicted molar refractivity (Wildman–Crippen MR) is 246 cm³/mol. The van der Waals surface area contributed by atoms with Gasteiger partial charge in [0.2, 0.25) is 0 Å². The third kappa shape index (κ3) is 7.62. The minimum Gasteiger partial charge on any atom is -0.465 e. The topological polar surface area (TPSA) is 149 Å². The molecule has 0 aliphatic carbocycles. The minimum absolute atomic E-state index is 0.148. The fourth-order valence-corrected chi connectivity index (χ4v) is 11.8. The van der Waals surface area contributed by atoms with Crippen molar-refractivity contribution in [2.24, 2.45) is 0 Å². The molecular weight excluding hydrogens is 837 g/mol. The second-order valence-corrected chi connectivity index (χ2v) is 20.3. The molecule has 4 aliphatic rings. The van der Waals surface area contributed by atoms with Gasteiger partial charge in [0.1, 0.15) is 16.7 Å². The molecule has 4 aromatic carbocycles. The lowest BCUT2D eigenvalue weighted by molar-refractivity contribution is 0.00414. The van der Waals surface area contributed by atoms with E-state index in [-0.39, 0.29) is 30.2 Å². The molecule has 9 rings (SSSR count). The van der Waals surface area contributed by atoms with Crippen LogP contribution in [0.1, 0.15) is 60.6 Å². The molecule has 1 spiro atoms. The van der Waals surface area contributed by atoms with E-state index in [9.17, 15) is 14.4 Å². The average molecular weight is 891 g/mol. The number of fused-ring (bicyclic) bond motifs is 7. The van der Waals surface area contributed by atoms with Crippen LogP contribution < -0.4 is 25.6 Å². The summed E-state index contributed by atoms with van der Waals surface area (Å²) in [5.74, 6) is -1.36. The Bertz CT molecular complexity index is 2610. The molecule has 0 radical (unpaired) electrons. The molecule has 336 valence electrons. The predicted octanol–water partition coefficient (Wildman–Crippen LogP) is 6.17. The van der Waals surface area contributed by atoms with E-state index in [1.54, 1.807) is 42.3 Å². The Hall–Kier alpha value is -5.71. The summed E-state index contributed by atoms with van der Waals surface area (Å²) >= 11 is 0. The van der Waals surface area contributed by atoms with E-state index in [1.165, 1.54) is 13.2 Å². The summed E-state index contributed by atoms with van der Waals surface area (Å²) in [4.78, 5) is 64.1. The van der Waals surface area contributed by atoms with Gasteiger partial charge in [-0.1, -0.05) is 12.1 Å². The molecular formula is C49H54N4O10S. The first-order chi connectivity index (χ1) is 31.1. The van der Waals surface area contributed by atoms with Gasteiger partial charge in [-0.15, -0.1) is 0 Å². The molecule has 2 amide bonds. The van der Waals surface area contributed by atoms with Crippen molar-refractivity contribution in [1.82, 2.24) is 5.32 Å². The maximum Gasteiger partial charge on any atom is 0.349 e. The molecule has 2 saturated heterocycles. The van der Waals surface area contributed by atoms with E-state index in [2.05, 4.69) is 64.0 Å². The Balaban J connectivity index is 1.07. The van der Waals surface area contributed by atoms with Gasteiger partial charge in [-0.25, -0.2) is 9.59 Å². The van der Waals surface area contributed by atoms with Crippen LogP contribution in [0.5, 0.6) is 0 Å². The zero-order valence-electron chi connectivity index (χ0n) is 36.7. The van der Waals surface area contributed by atoms with Crippen LogP contribution >= 0.6 is 10.0 Å². The summed E-state index contributed by atoms with van der Waals surface area (Å²) in [6.07, 6.45) is 6.93. The molecule has 64 heavy (non-hydrogen) atoms. The fourth-order valence-electron chi connectivity index (χ4n) is 9.19. The summed E-state index contributed by atoms with van der Waals surface area (Å²) in [5, 5.41) is 3.25. The van der Waals surface area contributed by atoms with E-state index in [0.717, 1.165) is 71.3 Å². The van der Waals surface area contributed by atoms with Crippen molar-refractivity contribution >= 4 is 55.8 Å². The molecule has 0 saturated carbocycles. The van der Waals surface area contributed by atoms with Crippen LogP contribution in [0.4, 0.5) is 17.1 Å². The number of methoxy groups -OCH3 is 2. The van der Waals surface area contributed by atoms with E-state index in [1.807, 2.05) is 6.07 Å². The van der Waals surface area contributed by atoms with E-state index in [0.29, 0.717) is 67.4 Å². The Morgan fingerprint density at radius 1 is 0.688 bits per heavy atom. The van der Waals surface area contributed by atoms with Gasteiger partial charge in [-0.3, -0.25) is 14.5 Å². The van der Waals surface area contributed by atoms with Crippen LogP contribution in [-0.4, -0.2) is 123 Å². The van der Waals surface area contributed by atoms with Gasteiger partial charge in [-0.05, 0) is 97.1 Å². The molecule has 4 aliphatic heterocycles. The number of rotatable bonds is 17. The fraction of sp³-hybridized carbons (Fsp3) is 0.388. The van der Waals surface area contributed by atoms with Crippen LogP contribution in [0.2, 0.25) is 0 Å². The highest BCUT2D eigenvalue weighted by atomic mass is 32.3. The van der Waals surface area contributed by atoms with Crippen LogP contribution in [0.15, 0.2) is 97.9 Å². The SMILES string of the molecule is COCCOCCOCCOCCNC(=O)c1cc2ccc(N3C(=O)c4ccc(C(=O)OC)cc4C34c3ccc(N5CCC5)cc3S(C)(C)c3cc(N5CCC5)ccc34)cc2oc1=O. The number of carbonyl (C=O) groups excluding carboxylic acids is 3. The zero-order chi connectivity index (χ0) is 44.6.